The van der Waals surface area contributed by atoms with E-state index in [4.69, 9.17) is 11.6 Å². The monoisotopic (exact) mass is 324 g/mol. The normalized spacial score (nSPS) is 12.6. The summed E-state index contributed by atoms with van der Waals surface area (Å²) in [5.41, 5.74) is 1.25. The van der Waals surface area contributed by atoms with Crippen LogP contribution in [0, 0.1) is 0 Å². The van der Waals surface area contributed by atoms with Crippen molar-refractivity contribution >= 4 is 28.1 Å². The zero-order valence-corrected chi connectivity index (χ0v) is 14.2. The van der Waals surface area contributed by atoms with Gasteiger partial charge in [-0.15, -0.1) is 10.2 Å². The van der Waals surface area contributed by atoms with Crippen molar-refractivity contribution in [2.75, 3.05) is 18.9 Å². The summed E-state index contributed by atoms with van der Waals surface area (Å²) in [7, 11) is 2.10. The molecule has 2 aromatic rings. The van der Waals surface area contributed by atoms with Crippen molar-refractivity contribution in [1.29, 1.82) is 0 Å². The minimum Gasteiger partial charge on any atom is -0.360 e. The first-order valence-corrected chi connectivity index (χ1v) is 8.31. The Morgan fingerprint density at radius 1 is 1.29 bits per heavy atom. The molecule has 1 aromatic carbocycles. The fraction of sp³-hybridized carbons (Fsp3) is 0.467. The van der Waals surface area contributed by atoms with Gasteiger partial charge >= 0.3 is 0 Å². The van der Waals surface area contributed by atoms with E-state index in [0.29, 0.717) is 6.04 Å². The molecule has 114 valence electrons. The van der Waals surface area contributed by atoms with Crippen molar-refractivity contribution in [2.45, 2.75) is 32.9 Å². The van der Waals surface area contributed by atoms with Gasteiger partial charge in [-0.05, 0) is 38.1 Å². The molecular weight excluding hydrogens is 304 g/mol. The smallest absolute Gasteiger partial charge is 0.205 e. The molecule has 0 saturated carbocycles. The van der Waals surface area contributed by atoms with Crippen molar-refractivity contribution in [2.24, 2.45) is 0 Å². The van der Waals surface area contributed by atoms with Crippen molar-refractivity contribution in [3.63, 3.8) is 0 Å². The average molecular weight is 325 g/mol. The quantitative estimate of drug-likeness (QED) is 0.828. The summed E-state index contributed by atoms with van der Waals surface area (Å²) < 4.78 is 0. The summed E-state index contributed by atoms with van der Waals surface area (Å²) in [4.78, 5) is 2.26. The molecular formula is C15H21ClN4S. The van der Waals surface area contributed by atoms with E-state index >= 15 is 0 Å². The summed E-state index contributed by atoms with van der Waals surface area (Å²) >= 11 is 7.55. The molecule has 0 bridgehead atoms. The second-order valence-electron chi connectivity index (χ2n) is 5.07. The van der Waals surface area contributed by atoms with Crippen molar-refractivity contribution < 1.29 is 0 Å². The van der Waals surface area contributed by atoms with Crippen LogP contribution in [0.5, 0.6) is 0 Å². The predicted octanol–water partition coefficient (Wildman–Crippen LogP) is 4.21. The van der Waals surface area contributed by atoms with Crippen molar-refractivity contribution in [3.8, 4) is 0 Å². The van der Waals surface area contributed by atoms with Crippen LogP contribution in [-0.2, 0) is 6.54 Å². The molecule has 21 heavy (non-hydrogen) atoms. The number of anilines is 1. The van der Waals surface area contributed by atoms with Gasteiger partial charge in [-0.3, -0.25) is 4.90 Å². The van der Waals surface area contributed by atoms with E-state index in [1.54, 1.807) is 11.3 Å². The Bertz CT molecular complexity index is 555. The molecule has 1 atom stereocenters. The van der Waals surface area contributed by atoms with Crippen LogP contribution >= 0.6 is 22.9 Å². The van der Waals surface area contributed by atoms with Crippen LogP contribution in [0.3, 0.4) is 0 Å². The summed E-state index contributed by atoms with van der Waals surface area (Å²) in [6.07, 6.45) is 1.09. The van der Waals surface area contributed by atoms with Gasteiger partial charge in [0.1, 0.15) is 5.01 Å². The number of rotatable bonds is 7. The van der Waals surface area contributed by atoms with E-state index in [0.717, 1.165) is 34.7 Å². The van der Waals surface area contributed by atoms with Crippen LogP contribution < -0.4 is 5.32 Å². The van der Waals surface area contributed by atoms with Gasteiger partial charge < -0.3 is 5.32 Å². The molecule has 0 radical (unpaired) electrons. The Morgan fingerprint density at radius 2 is 2.00 bits per heavy atom. The average Bonchev–Trinajstić information content (AvgIpc) is 2.92. The fourth-order valence-electron chi connectivity index (χ4n) is 1.97. The van der Waals surface area contributed by atoms with Crippen LogP contribution in [-0.4, -0.2) is 28.7 Å². The maximum Gasteiger partial charge on any atom is 0.205 e. The molecule has 6 heteroatoms. The molecule has 0 fully saturated rings. The molecule has 0 spiro atoms. The molecule has 1 N–H and O–H groups in total. The number of hydrogen-bond donors (Lipinski definition) is 1. The summed E-state index contributed by atoms with van der Waals surface area (Å²) in [6, 6.07) is 8.30. The maximum atomic E-state index is 5.93. The lowest BCUT2D eigenvalue weighted by atomic mass is 10.1. The lowest BCUT2D eigenvalue weighted by molar-refractivity contribution is 0.252. The Hall–Kier alpha value is -1.17. The standard InChI is InChI=1S/C15H21ClN4S/c1-4-9-17-15-19-18-14(21-15)10-20(3)11(2)12-5-7-13(16)8-6-12/h5-8,11H,4,9-10H2,1-3H3,(H,17,19). The molecule has 1 aromatic heterocycles. The topological polar surface area (TPSA) is 41.1 Å². The highest BCUT2D eigenvalue weighted by atomic mass is 35.5. The van der Waals surface area contributed by atoms with Crippen LogP contribution in [0.4, 0.5) is 5.13 Å². The number of halogens is 1. The SMILES string of the molecule is CCCNc1nnc(CN(C)C(C)c2ccc(Cl)cc2)s1. The zero-order chi connectivity index (χ0) is 15.2. The van der Waals surface area contributed by atoms with E-state index in [1.165, 1.54) is 5.56 Å². The van der Waals surface area contributed by atoms with E-state index in [2.05, 4.69) is 53.4 Å². The minimum atomic E-state index is 0.304. The fourth-order valence-corrected chi connectivity index (χ4v) is 2.92. The van der Waals surface area contributed by atoms with Gasteiger partial charge in [0.25, 0.3) is 0 Å². The van der Waals surface area contributed by atoms with Gasteiger partial charge in [0.05, 0.1) is 6.54 Å². The molecule has 0 saturated heterocycles. The van der Waals surface area contributed by atoms with Gasteiger partial charge in [-0.2, -0.15) is 0 Å². The van der Waals surface area contributed by atoms with E-state index in [1.807, 2.05) is 12.1 Å². The third-order valence-electron chi connectivity index (χ3n) is 3.39. The molecule has 0 amide bonds. The predicted molar refractivity (Wildman–Crippen MR) is 90.0 cm³/mol. The third kappa shape index (κ3) is 4.66. The molecule has 0 aliphatic carbocycles. The number of hydrogen-bond acceptors (Lipinski definition) is 5. The van der Waals surface area contributed by atoms with Gasteiger partial charge in [0.2, 0.25) is 5.13 Å². The zero-order valence-electron chi connectivity index (χ0n) is 12.6. The second kappa shape index (κ2) is 7.73. The van der Waals surface area contributed by atoms with Crippen molar-refractivity contribution in [1.82, 2.24) is 15.1 Å². The lowest BCUT2D eigenvalue weighted by Gasteiger charge is -2.23. The Kier molecular flexibility index (Phi) is 5.96. The number of aromatic nitrogens is 2. The number of benzene rings is 1. The van der Waals surface area contributed by atoms with E-state index in [-0.39, 0.29) is 0 Å². The first kappa shape index (κ1) is 16.2. The van der Waals surface area contributed by atoms with E-state index < -0.39 is 0 Å². The first-order valence-electron chi connectivity index (χ1n) is 7.12. The molecule has 2 rings (SSSR count). The van der Waals surface area contributed by atoms with Crippen molar-refractivity contribution in [3.05, 3.63) is 39.9 Å². The highest BCUT2D eigenvalue weighted by Gasteiger charge is 2.14. The lowest BCUT2D eigenvalue weighted by Crippen LogP contribution is -2.21. The van der Waals surface area contributed by atoms with Crippen LogP contribution in [0.25, 0.3) is 0 Å². The summed E-state index contributed by atoms with van der Waals surface area (Å²) in [5, 5.41) is 14.4. The number of nitrogens with one attached hydrogen (secondary N) is 1. The molecule has 0 aliphatic rings. The highest BCUT2D eigenvalue weighted by molar-refractivity contribution is 7.15. The Labute approximate surface area is 135 Å². The third-order valence-corrected chi connectivity index (χ3v) is 4.51. The Balaban J connectivity index is 1.95. The second-order valence-corrected chi connectivity index (χ2v) is 6.57. The largest absolute Gasteiger partial charge is 0.360 e. The Morgan fingerprint density at radius 3 is 2.67 bits per heavy atom. The molecule has 4 nitrogen and oxygen atoms in total. The van der Waals surface area contributed by atoms with Gasteiger partial charge in [-0.25, -0.2) is 0 Å². The molecule has 1 heterocycles. The van der Waals surface area contributed by atoms with Gasteiger partial charge in [0.15, 0.2) is 0 Å². The van der Waals surface area contributed by atoms with Gasteiger partial charge in [-0.1, -0.05) is 42.0 Å². The summed E-state index contributed by atoms with van der Waals surface area (Å²) in [5.74, 6) is 0. The van der Waals surface area contributed by atoms with Crippen LogP contribution in [0.15, 0.2) is 24.3 Å². The highest BCUT2D eigenvalue weighted by Crippen LogP contribution is 2.24. The van der Waals surface area contributed by atoms with E-state index in [9.17, 15) is 0 Å². The summed E-state index contributed by atoms with van der Waals surface area (Å²) in [6.45, 7) is 6.04. The van der Waals surface area contributed by atoms with Gasteiger partial charge in [0, 0.05) is 17.6 Å². The van der Waals surface area contributed by atoms with Crippen LogP contribution in [0.2, 0.25) is 5.02 Å². The minimum absolute atomic E-state index is 0.304. The number of nitrogens with zero attached hydrogens (tertiary/aromatic N) is 3. The molecule has 0 aliphatic heterocycles. The maximum absolute atomic E-state index is 5.93. The molecule has 1 unspecified atom stereocenters. The first-order chi connectivity index (χ1) is 10.1. The van der Waals surface area contributed by atoms with Crippen LogP contribution in [0.1, 0.15) is 36.9 Å².